The van der Waals surface area contributed by atoms with Gasteiger partial charge >= 0.3 is 5.97 Å². The summed E-state index contributed by atoms with van der Waals surface area (Å²) in [6.07, 6.45) is 3.96. The maximum Gasteiger partial charge on any atom is 0.338 e. The molecule has 30 heavy (non-hydrogen) atoms. The van der Waals surface area contributed by atoms with Crippen molar-refractivity contribution in [2.75, 3.05) is 25.4 Å². The summed E-state index contributed by atoms with van der Waals surface area (Å²) >= 11 is 6.20. The van der Waals surface area contributed by atoms with Crippen molar-refractivity contribution in [2.45, 2.75) is 26.3 Å². The molecule has 0 amide bonds. The first kappa shape index (κ1) is 20.2. The molecule has 0 radical (unpaired) electrons. The van der Waals surface area contributed by atoms with Crippen molar-refractivity contribution in [3.05, 3.63) is 51.9 Å². The molecule has 2 aromatic heterocycles. The number of anilines is 1. The summed E-state index contributed by atoms with van der Waals surface area (Å²) in [5.41, 5.74) is 8.33. The first-order valence-corrected chi connectivity index (χ1v) is 10.2. The number of nitrogens with zero attached hydrogens (tertiary/aromatic N) is 4. The standard InChI is InChI=1S/C22H22ClN5O2/c1-14-13-25-18(21(24)20(14)22(29)30)6-5-17-16-12-15(23)4-7-19(16)28(26-17)11-10-27-8-2-3-9-27/h4,7,12-13H,2-3,8-11,24H2,1H3,(H,29,30). The molecule has 0 atom stereocenters. The van der Waals surface area contributed by atoms with Crippen molar-refractivity contribution in [3.63, 3.8) is 0 Å². The van der Waals surface area contributed by atoms with Crippen LogP contribution in [-0.4, -0.2) is 50.4 Å². The molecule has 3 heterocycles. The Kier molecular flexibility index (Phi) is 5.62. The Morgan fingerprint density at radius 1 is 1.23 bits per heavy atom. The molecule has 0 aliphatic carbocycles. The smallest absolute Gasteiger partial charge is 0.338 e. The van der Waals surface area contributed by atoms with Gasteiger partial charge in [0, 0.05) is 23.2 Å². The summed E-state index contributed by atoms with van der Waals surface area (Å²) < 4.78 is 1.95. The second kappa shape index (κ2) is 8.34. The number of hydrogen-bond acceptors (Lipinski definition) is 5. The molecular formula is C22H22ClN5O2. The molecule has 1 aliphatic rings. The molecule has 3 N–H and O–H groups in total. The van der Waals surface area contributed by atoms with Crippen LogP contribution in [0, 0.1) is 18.8 Å². The van der Waals surface area contributed by atoms with E-state index in [9.17, 15) is 9.90 Å². The Hall–Kier alpha value is -3.08. The number of aromatic carboxylic acids is 1. The first-order chi connectivity index (χ1) is 14.4. The van der Waals surface area contributed by atoms with Crippen molar-refractivity contribution in [3.8, 4) is 11.8 Å². The van der Waals surface area contributed by atoms with E-state index in [2.05, 4.69) is 26.8 Å². The molecule has 1 saturated heterocycles. The summed E-state index contributed by atoms with van der Waals surface area (Å²) in [6.45, 7) is 5.60. The topological polar surface area (TPSA) is 97.3 Å². The lowest BCUT2D eigenvalue weighted by Crippen LogP contribution is -2.24. The predicted octanol–water partition coefficient (Wildman–Crippen LogP) is 3.17. The number of fused-ring (bicyclic) bond motifs is 1. The number of halogens is 1. The quantitative estimate of drug-likeness (QED) is 0.625. The van der Waals surface area contributed by atoms with Crippen molar-refractivity contribution in [1.82, 2.24) is 19.7 Å². The number of carboxylic acids is 1. The zero-order valence-electron chi connectivity index (χ0n) is 16.7. The molecular weight excluding hydrogens is 402 g/mol. The maximum atomic E-state index is 11.5. The molecule has 0 bridgehead atoms. The van der Waals surface area contributed by atoms with E-state index in [0.29, 0.717) is 16.3 Å². The van der Waals surface area contributed by atoms with Gasteiger partial charge in [-0.15, -0.1) is 0 Å². The molecule has 1 fully saturated rings. The number of carbonyl (C=O) groups is 1. The van der Waals surface area contributed by atoms with Crippen LogP contribution < -0.4 is 5.73 Å². The number of nitrogens with two attached hydrogens (primary N) is 1. The van der Waals surface area contributed by atoms with Crippen molar-refractivity contribution < 1.29 is 9.90 Å². The summed E-state index contributed by atoms with van der Waals surface area (Å²) in [6, 6.07) is 5.63. The Balaban J connectivity index is 1.71. The van der Waals surface area contributed by atoms with E-state index in [4.69, 9.17) is 17.3 Å². The Bertz CT molecular complexity index is 1190. The lowest BCUT2D eigenvalue weighted by Gasteiger charge is -2.14. The summed E-state index contributed by atoms with van der Waals surface area (Å²) in [5.74, 6) is 4.81. The average Bonchev–Trinajstić information content (AvgIpc) is 3.33. The summed E-state index contributed by atoms with van der Waals surface area (Å²) in [7, 11) is 0. The fourth-order valence-corrected chi connectivity index (χ4v) is 3.96. The van der Waals surface area contributed by atoms with Crippen molar-refractivity contribution >= 4 is 34.2 Å². The van der Waals surface area contributed by atoms with Crippen LogP contribution in [0.4, 0.5) is 5.69 Å². The van der Waals surface area contributed by atoms with Gasteiger partial charge in [-0.2, -0.15) is 5.10 Å². The molecule has 8 heteroatoms. The van der Waals surface area contributed by atoms with Gasteiger partial charge in [-0.3, -0.25) is 4.68 Å². The highest BCUT2D eigenvalue weighted by molar-refractivity contribution is 6.31. The number of pyridine rings is 1. The highest BCUT2D eigenvalue weighted by Gasteiger charge is 2.16. The van der Waals surface area contributed by atoms with E-state index in [1.54, 1.807) is 6.92 Å². The molecule has 0 unspecified atom stereocenters. The van der Waals surface area contributed by atoms with E-state index in [1.165, 1.54) is 19.0 Å². The van der Waals surface area contributed by atoms with Crippen LogP contribution in [0.3, 0.4) is 0 Å². The maximum absolute atomic E-state index is 11.5. The fraction of sp³-hybridized carbons (Fsp3) is 0.318. The molecule has 7 nitrogen and oxygen atoms in total. The number of hydrogen-bond donors (Lipinski definition) is 2. The van der Waals surface area contributed by atoms with Crippen LogP contribution in [0.25, 0.3) is 10.9 Å². The van der Waals surface area contributed by atoms with Gasteiger partial charge in [-0.1, -0.05) is 11.6 Å². The molecule has 1 aromatic carbocycles. The van der Waals surface area contributed by atoms with Gasteiger partial charge in [-0.25, -0.2) is 9.78 Å². The Morgan fingerprint density at radius 2 is 1.97 bits per heavy atom. The normalized spacial score (nSPS) is 14.1. The van der Waals surface area contributed by atoms with E-state index in [0.717, 1.165) is 37.1 Å². The van der Waals surface area contributed by atoms with Gasteiger partial charge in [0.15, 0.2) is 0 Å². The number of aryl methyl sites for hydroxylation is 1. The number of benzene rings is 1. The molecule has 4 rings (SSSR count). The second-order valence-electron chi connectivity index (χ2n) is 7.42. The minimum atomic E-state index is -1.10. The van der Waals surface area contributed by atoms with E-state index in [-0.39, 0.29) is 16.9 Å². The largest absolute Gasteiger partial charge is 0.478 e. The summed E-state index contributed by atoms with van der Waals surface area (Å²) in [5, 5.41) is 15.5. The third-order valence-corrected chi connectivity index (χ3v) is 5.59. The lowest BCUT2D eigenvalue weighted by molar-refractivity contribution is 0.0697. The monoisotopic (exact) mass is 423 g/mol. The zero-order valence-corrected chi connectivity index (χ0v) is 17.4. The number of rotatable bonds is 4. The van der Waals surface area contributed by atoms with E-state index >= 15 is 0 Å². The molecule has 1 aliphatic heterocycles. The summed E-state index contributed by atoms with van der Waals surface area (Å²) in [4.78, 5) is 18.1. The van der Waals surface area contributed by atoms with Crippen molar-refractivity contribution in [1.29, 1.82) is 0 Å². The van der Waals surface area contributed by atoms with Gasteiger partial charge in [0.25, 0.3) is 0 Å². The van der Waals surface area contributed by atoms with E-state index in [1.807, 2.05) is 22.9 Å². The van der Waals surface area contributed by atoms with Crippen LogP contribution in [0.15, 0.2) is 24.4 Å². The Morgan fingerprint density at radius 3 is 2.70 bits per heavy atom. The first-order valence-electron chi connectivity index (χ1n) is 9.83. The van der Waals surface area contributed by atoms with Crippen LogP contribution in [-0.2, 0) is 6.54 Å². The lowest BCUT2D eigenvalue weighted by atomic mass is 10.1. The Labute approximate surface area is 179 Å². The highest BCUT2D eigenvalue weighted by atomic mass is 35.5. The van der Waals surface area contributed by atoms with Crippen LogP contribution in [0.1, 0.15) is 40.2 Å². The molecule has 3 aromatic rings. The number of carboxylic acid groups (broad SMARTS) is 1. The number of nitrogen functional groups attached to an aromatic ring is 1. The van der Waals surface area contributed by atoms with Gasteiger partial charge in [0.2, 0.25) is 0 Å². The van der Waals surface area contributed by atoms with E-state index < -0.39 is 5.97 Å². The highest BCUT2D eigenvalue weighted by Crippen LogP contribution is 2.23. The van der Waals surface area contributed by atoms with Gasteiger partial charge in [-0.05, 0) is 68.5 Å². The van der Waals surface area contributed by atoms with Gasteiger partial charge < -0.3 is 15.7 Å². The van der Waals surface area contributed by atoms with Crippen molar-refractivity contribution in [2.24, 2.45) is 0 Å². The van der Waals surface area contributed by atoms with Crippen LogP contribution in [0.2, 0.25) is 5.02 Å². The number of likely N-dealkylation sites (tertiary alicyclic amines) is 1. The SMILES string of the molecule is Cc1cnc(C#Cc2nn(CCN3CCCC3)c3ccc(Cl)cc23)c(N)c1C(=O)O. The molecule has 0 spiro atoms. The fourth-order valence-electron chi connectivity index (χ4n) is 3.78. The zero-order chi connectivity index (χ0) is 21.3. The van der Waals surface area contributed by atoms with Gasteiger partial charge in [0.05, 0.1) is 23.3 Å². The third-order valence-electron chi connectivity index (χ3n) is 5.36. The van der Waals surface area contributed by atoms with Crippen LogP contribution >= 0.6 is 11.6 Å². The minimum absolute atomic E-state index is 0.0262. The number of aromatic nitrogens is 3. The van der Waals surface area contributed by atoms with Crippen LogP contribution in [0.5, 0.6) is 0 Å². The predicted molar refractivity (Wildman–Crippen MR) is 117 cm³/mol. The molecule has 154 valence electrons. The van der Waals surface area contributed by atoms with Gasteiger partial charge in [0.1, 0.15) is 11.4 Å². The molecule has 0 saturated carbocycles. The second-order valence-corrected chi connectivity index (χ2v) is 7.85. The third kappa shape index (κ3) is 3.97. The average molecular weight is 424 g/mol. The minimum Gasteiger partial charge on any atom is -0.478 e.